The third-order valence-corrected chi connectivity index (χ3v) is 4.75. The van der Waals surface area contributed by atoms with Crippen molar-refractivity contribution >= 4 is 5.91 Å². The summed E-state index contributed by atoms with van der Waals surface area (Å²) in [5.41, 5.74) is 6.09. The van der Waals surface area contributed by atoms with Gasteiger partial charge in [0.15, 0.2) is 0 Å². The molecule has 1 amide bonds. The molecule has 1 heterocycles. The van der Waals surface area contributed by atoms with Crippen molar-refractivity contribution < 1.29 is 4.79 Å². The van der Waals surface area contributed by atoms with Gasteiger partial charge in [-0.2, -0.15) is 0 Å². The van der Waals surface area contributed by atoms with Crippen molar-refractivity contribution in [1.29, 1.82) is 0 Å². The summed E-state index contributed by atoms with van der Waals surface area (Å²) < 4.78 is 0. The SMILES string of the molecule is CC1CC(C(=O)N2CCCC2(C)C)CCC1N. The zero-order chi connectivity index (χ0) is 12.6. The highest BCUT2D eigenvalue weighted by Gasteiger charge is 2.40. The van der Waals surface area contributed by atoms with Crippen LogP contribution in [0, 0.1) is 11.8 Å². The van der Waals surface area contributed by atoms with Crippen LogP contribution in [0.25, 0.3) is 0 Å². The maximum atomic E-state index is 12.6. The number of carbonyl (C=O) groups excluding carboxylic acids is 1. The van der Waals surface area contributed by atoms with E-state index in [4.69, 9.17) is 5.73 Å². The Balaban J connectivity index is 2.01. The van der Waals surface area contributed by atoms with E-state index in [1.165, 1.54) is 0 Å². The van der Waals surface area contributed by atoms with Gasteiger partial charge in [0.05, 0.1) is 0 Å². The number of hydrogen-bond acceptors (Lipinski definition) is 2. The van der Waals surface area contributed by atoms with Crippen molar-refractivity contribution in [2.75, 3.05) is 6.54 Å². The van der Waals surface area contributed by atoms with Gasteiger partial charge in [0.2, 0.25) is 5.91 Å². The molecule has 1 saturated heterocycles. The summed E-state index contributed by atoms with van der Waals surface area (Å²) in [4.78, 5) is 14.7. The maximum absolute atomic E-state index is 12.6. The molecule has 2 rings (SSSR count). The molecule has 0 radical (unpaired) electrons. The molecule has 0 spiro atoms. The Morgan fingerprint density at radius 3 is 2.59 bits per heavy atom. The van der Waals surface area contributed by atoms with Crippen LogP contribution < -0.4 is 5.73 Å². The van der Waals surface area contributed by atoms with Crippen molar-refractivity contribution in [2.24, 2.45) is 17.6 Å². The number of amides is 1. The first-order chi connectivity index (χ1) is 7.92. The quantitative estimate of drug-likeness (QED) is 0.761. The van der Waals surface area contributed by atoms with Crippen molar-refractivity contribution in [3.63, 3.8) is 0 Å². The van der Waals surface area contributed by atoms with Crippen LogP contribution in [0.2, 0.25) is 0 Å². The molecule has 1 aliphatic heterocycles. The molecule has 1 saturated carbocycles. The number of nitrogens with zero attached hydrogens (tertiary/aromatic N) is 1. The number of rotatable bonds is 1. The standard InChI is InChI=1S/C14H26N2O/c1-10-9-11(5-6-12(10)15)13(17)16-8-4-7-14(16,2)3/h10-12H,4-9,15H2,1-3H3. The lowest BCUT2D eigenvalue weighted by atomic mass is 9.78. The molecule has 3 heteroatoms. The Morgan fingerprint density at radius 2 is 2.06 bits per heavy atom. The average Bonchev–Trinajstić information content (AvgIpc) is 2.61. The summed E-state index contributed by atoms with van der Waals surface area (Å²) in [5, 5.41) is 0. The fourth-order valence-electron chi connectivity index (χ4n) is 3.38. The van der Waals surface area contributed by atoms with E-state index in [-0.39, 0.29) is 11.5 Å². The van der Waals surface area contributed by atoms with Gasteiger partial charge < -0.3 is 10.6 Å². The second-order valence-electron chi connectivity index (χ2n) is 6.56. The van der Waals surface area contributed by atoms with Crippen LogP contribution in [0.1, 0.15) is 52.9 Å². The Kier molecular flexibility index (Phi) is 3.48. The monoisotopic (exact) mass is 238 g/mol. The van der Waals surface area contributed by atoms with Gasteiger partial charge in [-0.15, -0.1) is 0 Å². The highest BCUT2D eigenvalue weighted by atomic mass is 16.2. The van der Waals surface area contributed by atoms with Crippen LogP contribution in [0.15, 0.2) is 0 Å². The first-order valence-corrected chi connectivity index (χ1v) is 6.99. The maximum Gasteiger partial charge on any atom is 0.226 e. The molecule has 0 bridgehead atoms. The van der Waals surface area contributed by atoms with Crippen molar-refractivity contribution in [1.82, 2.24) is 4.90 Å². The fourth-order valence-corrected chi connectivity index (χ4v) is 3.38. The first kappa shape index (κ1) is 12.9. The van der Waals surface area contributed by atoms with E-state index in [9.17, 15) is 4.79 Å². The molecule has 0 aromatic carbocycles. The minimum atomic E-state index is 0.0693. The summed E-state index contributed by atoms with van der Waals surface area (Å²) in [6.07, 6.45) is 5.26. The molecule has 3 unspecified atom stereocenters. The van der Waals surface area contributed by atoms with Crippen LogP contribution in [-0.4, -0.2) is 28.9 Å². The smallest absolute Gasteiger partial charge is 0.226 e. The lowest BCUT2D eigenvalue weighted by Gasteiger charge is -2.38. The van der Waals surface area contributed by atoms with Gasteiger partial charge >= 0.3 is 0 Å². The van der Waals surface area contributed by atoms with Crippen LogP contribution in [0.5, 0.6) is 0 Å². The molecule has 0 aromatic heterocycles. The van der Waals surface area contributed by atoms with Gasteiger partial charge in [0, 0.05) is 24.0 Å². The van der Waals surface area contributed by atoms with E-state index in [1.807, 2.05) is 0 Å². The third-order valence-electron chi connectivity index (χ3n) is 4.75. The normalized spacial score (nSPS) is 37.2. The van der Waals surface area contributed by atoms with E-state index in [0.29, 0.717) is 17.9 Å². The topological polar surface area (TPSA) is 46.3 Å². The zero-order valence-corrected chi connectivity index (χ0v) is 11.4. The Hall–Kier alpha value is -0.570. The van der Waals surface area contributed by atoms with Gasteiger partial charge in [-0.3, -0.25) is 4.79 Å². The van der Waals surface area contributed by atoms with Crippen LogP contribution in [0.4, 0.5) is 0 Å². The Labute approximate surface area is 105 Å². The van der Waals surface area contributed by atoms with E-state index in [0.717, 1.165) is 38.6 Å². The van der Waals surface area contributed by atoms with Gasteiger partial charge in [-0.1, -0.05) is 6.92 Å². The first-order valence-electron chi connectivity index (χ1n) is 6.99. The molecular weight excluding hydrogens is 212 g/mol. The van der Waals surface area contributed by atoms with E-state index in [1.54, 1.807) is 0 Å². The summed E-state index contributed by atoms with van der Waals surface area (Å²) in [7, 11) is 0. The molecule has 1 aliphatic carbocycles. The van der Waals surface area contributed by atoms with Crippen LogP contribution in [-0.2, 0) is 4.79 Å². The second kappa shape index (κ2) is 4.60. The predicted molar refractivity (Wildman–Crippen MR) is 69.5 cm³/mol. The third kappa shape index (κ3) is 2.49. The number of nitrogens with two attached hydrogens (primary N) is 1. The summed E-state index contributed by atoms with van der Waals surface area (Å²) >= 11 is 0. The van der Waals surface area contributed by atoms with Gasteiger partial charge in [-0.05, 0) is 51.9 Å². The van der Waals surface area contributed by atoms with E-state index >= 15 is 0 Å². The molecule has 17 heavy (non-hydrogen) atoms. The van der Waals surface area contributed by atoms with Crippen molar-refractivity contribution in [3.8, 4) is 0 Å². The van der Waals surface area contributed by atoms with Crippen molar-refractivity contribution in [2.45, 2.75) is 64.5 Å². The highest BCUT2D eigenvalue weighted by Crippen LogP contribution is 2.34. The summed E-state index contributed by atoms with van der Waals surface area (Å²) in [6.45, 7) is 7.51. The zero-order valence-electron chi connectivity index (χ0n) is 11.4. The average molecular weight is 238 g/mol. The molecule has 3 atom stereocenters. The highest BCUT2D eigenvalue weighted by molar-refractivity contribution is 5.80. The molecule has 2 N–H and O–H groups in total. The lowest BCUT2D eigenvalue weighted by molar-refractivity contribution is -0.140. The van der Waals surface area contributed by atoms with Gasteiger partial charge in [-0.25, -0.2) is 0 Å². The number of hydrogen-bond donors (Lipinski definition) is 1. The molecule has 98 valence electrons. The summed E-state index contributed by atoms with van der Waals surface area (Å²) in [6, 6.07) is 0.297. The number of carbonyl (C=O) groups is 1. The van der Waals surface area contributed by atoms with E-state index in [2.05, 4.69) is 25.7 Å². The molecule has 2 fully saturated rings. The fraction of sp³-hybridized carbons (Fsp3) is 0.929. The number of likely N-dealkylation sites (tertiary alicyclic amines) is 1. The van der Waals surface area contributed by atoms with Crippen LogP contribution >= 0.6 is 0 Å². The van der Waals surface area contributed by atoms with Crippen LogP contribution in [0.3, 0.4) is 0 Å². The lowest BCUT2D eigenvalue weighted by Crippen LogP contribution is -2.48. The van der Waals surface area contributed by atoms with Gasteiger partial charge in [0.1, 0.15) is 0 Å². The Bertz CT molecular complexity index is 301. The largest absolute Gasteiger partial charge is 0.337 e. The molecular formula is C14H26N2O. The van der Waals surface area contributed by atoms with E-state index < -0.39 is 0 Å². The molecule has 0 aromatic rings. The minimum absolute atomic E-state index is 0.0693. The predicted octanol–water partition coefficient (Wildman–Crippen LogP) is 2.15. The summed E-state index contributed by atoms with van der Waals surface area (Å²) in [5.74, 6) is 1.09. The van der Waals surface area contributed by atoms with Gasteiger partial charge in [0.25, 0.3) is 0 Å². The second-order valence-corrected chi connectivity index (χ2v) is 6.56. The minimum Gasteiger partial charge on any atom is -0.337 e. The van der Waals surface area contributed by atoms with Crippen molar-refractivity contribution in [3.05, 3.63) is 0 Å². The molecule has 3 nitrogen and oxygen atoms in total. The molecule has 2 aliphatic rings. The Morgan fingerprint density at radius 1 is 1.35 bits per heavy atom.